The Bertz CT molecular complexity index is 1810. The number of anilines is 2. The predicted molar refractivity (Wildman–Crippen MR) is 163 cm³/mol. The molecular formula is C26H30N8O10S2. The lowest BCUT2D eigenvalue weighted by molar-refractivity contribution is -0.218. The minimum Gasteiger partial charge on any atom is -0.489 e. The van der Waals surface area contributed by atoms with Crippen molar-refractivity contribution in [2.75, 3.05) is 17.7 Å². The van der Waals surface area contributed by atoms with Crippen molar-refractivity contribution in [1.82, 2.24) is 20.3 Å². The molecule has 0 unspecified atom stereocenters. The minimum absolute atomic E-state index is 0.0577. The fraction of sp³-hybridized carbons (Fsp3) is 0.385. The number of nitrogen functional groups attached to an aromatic ring is 1. The number of amides is 2. The molecule has 1 aliphatic heterocycles. The van der Waals surface area contributed by atoms with Crippen LogP contribution in [-0.2, 0) is 33.9 Å². The van der Waals surface area contributed by atoms with Gasteiger partial charge in [0, 0.05) is 22.8 Å². The van der Waals surface area contributed by atoms with Gasteiger partial charge in [0.25, 0.3) is 17.9 Å². The Morgan fingerprint density at radius 3 is 2.59 bits per heavy atom. The van der Waals surface area contributed by atoms with E-state index in [0.717, 1.165) is 29.6 Å². The summed E-state index contributed by atoms with van der Waals surface area (Å²) in [4.78, 5) is 51.4. The highest BCUT2D eigenvalue weighted by Crippen LogP contribution is 2.33. The molecule has 2 fully saturated rings. The van der Waals surface area contributed by atoms with E-state index in [-0.39, 0.29) is 22.9 Å². The van der Waals surface area contributed by atoms with Crippen LogP contribution < -0.4 is 26.8 Å². The number of hydrogen-bond acceptors (Lipinski definition) is 15. The Morgan fingerprint density at radius 2 is 1.98 bits per heavy atom. The summed E-state index contributed by atoms with van der Waals surface area (Å²) in [5.41, 5.74) is 10.2. The van der Waals surface area contributed by atoms with Gasteiger partial charge in [0.05, 0.1) is 11.1 Å². The normalized spacial score (nSPS) is 21.6. The summed E-state index contributed by atoms with van der Waals surface area (Å²) in [6, 6.07) is 7.84. The Morgan fingerprint density at radius 1 is 1.24 bits per heavy atom. The van der Waals surface area contributed by atoms with Gasteiger partial charge in [0.1, 0.15) is 29.9 Å². The predicted octanol–water partition coefficient (Wildman–Crippen LogP) is 0.268. The number of nitrogens with zero attached hydrogens (tertiary/aromatic N) is 4. The van der Waals surface area contributed by atoms with Gasteiger partial charge in [0.15, 0.2) is 10.8 Å². The largest absolute Gasteiger partial charge is 0.489 e. The standard InChI is InChI=1S/C26H30N8O10S2/c1-26(2)21(23(36)34(26)44-46(39,40)41)32-22(35)20(17-11-45-25(28)31-17)33-43-18(24(37)38)10-42-15-4-5-16-12(7-15)3-6-19(30-16)29-14-8-13(27)9-14/h3-7,11,13-14,18,21H,8-10,27H2,1-2H3,(H2,28,31)(H,29,30)(H,32,35)(H,37,38)(H,39,40,41)/b33-20-/t13-,14-,18-,21+/m0/s1. The summed E-state index contributed by atoms with van der Waals surface area (Å²) in [5, 5.41) is 21.7. The quantitative estimate of drug-likeness (QED) is 0.0613. The van der Waals surface area contributed by atoms with Crippen LogP contribution in [0.25, 0.3) is 10.9 Å². The number of carboxylic acids is 1. The van der Waals surface area contributed by atoms with E-state index in [1.54, 1.807) is 18.2 Å². The van der Waals surface area contributed by atoms with E-state index in [4.69, 9.17) is 25.6 Å². The number of pyridine rings is 1. The second kappa shape index (κ2) is 12.6. The molecule has 246 valence electrons. The zero-order chi connectivity index (χ0) is 33.4. The first-order valence-corrected chi connectivity index (χ1v) is 15.9. The van der Waals surface area contributed by atoms with Crippen molar-refractivity contribution in [3.8, 4) is 5.75 Å². The summed E-state index contributed by atoms with van der Waals surface area (Å²) >= 11 is 0.958. The van der Waals surface area contributed by atoms with Crippen LogP contribution in [0.1, 0.15) is 32.4 Å². The second-order valence-electron chi connectivity index (χ2n) is 11.1. The van der Waals surface area contributed by atoms with Gasteiger partial charge in [-0.25, -0.2) is 14.8 Å². The monoisotopic (exact) mass is 678 g/mol. The Hall–Kier alpha value is -4.63. The highest BCUT2D eigenvalue weighted by molar-refractivity contribution is 7.80. The zero-order valence-corrected chi connectivity index (χ0v) is 25.9. The van der Waals surface area contributed by atoms with Gasteiger partial charge in [-0.15, -0.1) is 15.6 Å². The van der Waals surface area contributed by atoms with Crippen LogP contribution in [-0.4, -0.2) is 93.0 Å². The van der Waals surface area contributed by atoms with Crippen molar-refractivity contribution in [3.63, 3.8) is 0 Å². The maximum atomic E-state index is 13.2. The van der Waals surface area contributed by atoms with Crippen LogP contribution in [0.3, 0.4) is 0 Å². The van der Waals surface area contributed by atoms with E-state index in [1.165, 1.54) is 19.2 Å². The molecule has 5 rings (SSSR count). The van der Waals surface area contributed by atoms with Gasteiger partial charge in [-0.1, -0.05) is 5.16 Å². The number of nitrogens with one attached hydrogen (secondary N) is 2. The molecule has 3 heterocycles. The van der Waals surface area contributed by atoms with E-state index < -0.39 is 58.2 Å². The van der Waals surface area contributed by atoms with E-state index in [9.17, 15) is 27.9 Å². The SMILES string of the molecule is CC1(C)[C@H](NC(=O)/C(=N\O[C@@H](COc2ccc3nc(N[C@H]4C[C@H](N)C4)ccc3c2)C(=O)O)c2csc(N)n2)C(=O)N1OS(=O)(=O)O. The van der Waals surface area contributed by atoms with Crippen LogP contribution in [0.2, 0.25) is 0 Å². The van der Waals surface area contributed by atoms with Gasteiger partial charge in [-0.05, 0) is 57.0 Å². The fourth-order valence-corrected chi connectivity index (χ4v) is 5.72. The van der Waals surface area contributed by atoms with Crippen molar-refractivity contribution >= 4 is 67.1 Å². The van der Waals surface area contributed by atoms with Crippen molar-refractivity contribution in [1.29, 1.82) is 0 Å². The number of carbonyl (C=O) groups excluding carboxylic acids is 2. The summed E-state index contributed by atoms with van der Waals surface area (Å²) < 4.78 is 41.1. The topological polar surface area (TPSA) is 271 Å². The van der Waals surface area contributed by atoms with Crippen molar-refractivity contribution < 1.29 is 46.3 Å². The number of oxime groups is 1. The lowest BCUT2D eigenvalue weighted by atomic mass is 9.84. The van der Waals surface area contributed by atoms with Crippen molar-refractivity contribution in [2.45, 2.75) is 56.5 Å². The van der Waals surface area contributed by atoms with Crippen molar-refractivity contribution in [3.05, 3.63) is 41.4 Å². The first-order chi connectivity index (χ1) is 21.6. The number of aliphatic carboxylic acids is 1. The van der Waals surface area contributed by atoms with Gasteiger partial charge in [0.2, 0.25) is 0 Å². The molecule has 0 radical (unpaired) electrons. The summed E-state index contributed by atoms with van der Waals surface area (Å²) in [6.45, 7) is 2.21. The third-order valence-electron chi connectivity index (χ3n) is 7.24. The van der Waals surface area contributed by atoms with Crippen LogP contribution in [0, 0.1) is 0 Å². The molecule has 2 aromatic heterocycles. The Labute approximate surface area is 265 Å². The number of rotatable bonds is 13. The van der Waals surface area contributed by atoms with Crippen LogP contribution >= 0.6 is 11.3 Å². The van der Waals surface area contributed by atoms with Crippen LogP contribution in [0.5, 0.6) is 5.75 Å². The molecule has 2 aliphatic rings. The first-order valence-electron chi connectivity index (χ1n) is 13.7. The fourth-order valence-electron chi connectivity index (χ4n) is 4.72. The lowest BCUT2D eigenvalue weighted by Crippen LogP contribution is -2.76. The molecule has 8 N–H and O–H groups in total. The summed E-state index contributed by atoms with van der Waals surface area (Å²) in [5.74, 6) is -2.43. The number of thiazole rings is 1. The van der Waals surface area contributed by atoms with Crippen molar-refractivity contribution in [2.24, 2.45) is 10.9 Å². The maximum absolute atomic E-state index is 13.2. The summed E-state index contributed by atoms with van der Waals surface area (Å²) in [7, 11) is -5.02. The minimum atomic E-state index is -5.02. The number of ether oxygens (including phenoxy) is 1. The molecule has 1 aromatic carbocycles. The third kappa shape index (κ3) is 7.26. The molecular weight excluding hydrogens is 648 g/mol. The molecule has 1 aliphatic carbocycles. The zero-order valence-electron chi connectivity index (χ0n) is 24.3. The molecule has 2 atom stereocenters. The molecule has 1 saturated heterocycles. The number of fused-ring (bicyclic) bond motifs is 1. The molecule has 0 bridgehead atoms. The number of hydrogen-bond donors (Lipinski definition) is 6. The molecule has 18 nitrogen and oxygen atoms in total. The highest BCUT2D eigenvalue weighted by atomic mass is 32.3. The molecule has 2 amide bonds. The smallest absolute Gasteiger partial charge is 0.418 e. The van der Waals surface area contributed by atoms with E-state index >= 15 is 0 Å². The van der Waals surface area contributed by atoms with Crippen LogP contribution in [0.15, 0.2) is 40.9 Å². The van der Waals surface area contributed by atoms with Gasteiger partial charge < -0.3 is 36.8 Å². The number of benzene rings is 1. The molecule has 46 heavy (non-hydrogen) atoms. The maximum Gasteiger partial charge on any atom is 0.418 e. The first kappa shape index (κ1) is 32.8. The third-order valence-corrected chi connectivity index (χ3v) is 8.25. The molecule has 1 saturated carbocycles. The number of hydroxylamine groups is 2. The Balaban J connectivity index is 1.26. The average molecular weight is 679 g/mol. The number of β-lactam (4-membered cyclic amide) rings is 1. The lowest BCUT2D eigenvalue weighted by Gasteiger charge is -2.50. The highest BCUT2D eigenvalue weighted by Gasteiger charge is 2.58. The molecule has 20 heteroatoms. The van der Waals surface area contributed by atoms with Crippen LogP contribution in [0.4, 0.5) is 10.9 Å². The number of nitrogens with two attached hydrogens (primary N) is 2. The van der Waals surface area contributed by atoms with Gasteiger partial charge in [-0.2, -0.15) is 13.5 Å². The average Bonchev–Trinajstić information content (AvgIpc) is 3.40. The summed E-state index contributed by atoms with van der Waals surface area (Å²) in [6.07, 6.45) is 0.0625. The van der Waals surface area contributed by atoms with E-state index in [1.807, 2.05) is 12.1 Å². The van der Waals surface area contributed by atoms with Gasteiger partial charge in [-0.3, -0.25) is 14.1 Å². The number of carboxylic acid groups (broad SMARTS) is 1. The van der Waals surface area contributed by atoms with E-state index in [2.05, 4.69) is 30.0 Å². The molecule has 3 aromatic rings. The number of carbonyl (C=O) groups is 3. The van der Waals surface area contributed by atoms with Gasteiger partial charge >= 0.3 is 16.4 Å². The second-order valence-corrected chi connectivity index (χ2v) is 13.0. The number of aromatic nitrogens is 2. The Kier molecular flexibility index (Phi) is 9.00. The van der Waals surface area contributed by atoms with E-state index in [0.29, 0.717) is 22.1 Å². The molecule has 0 spiro atoms.